The maximum Gasteiger partial charge on any atom is 0.232 e. The van der Waals surface area contributed by atoms with Gasteiger partial charge in [0.25, 0.3) is 0 Å². The van der Waals surface area contributed by atoms with Gasteiger partial charge in [-0.15, -0.1) is 0 Å². The molecule has 0 saturated carbocycles. The third kappa shape index (κ3) is 1.87. The Labute approximate surface area is 120 Å². The molecule has 3 aromatic heterocycles. The predicted octanol–water partition coefficient (Wildman–Crippen LogP) is 3.73. The fraction of sp³-hybridized carbons (Fsp3) is 0. The van der Waals surface area contributed by atoms with Crippen LogP contribution in [0.3, 0.4) is 0 Å². The van der Waals surface area contributed by atoms with E-state index in [0.717, 1.165) is 11.0 Å². The van der Waals surface area contributed by atoms with Gasteiger partial charge in [0, 0.05) is 11.6 Å². The topological polar surface area (TPSA) is 78.1 Å². The lowest BCUT2D eigenvalue weighted by molar-refractivity contribution is 0.436. The Morgan fingerprint density at radius 3 is 2.67 bits per heavy atom. The average Bonchev–Trinajstić information content (AvgIpc) is 3.11. The minimum Gasteiger partial charge on any atom is -0.454 e. The smallest absolute Gasteiger partial charge is 0.232 e. The van der Waals surface area contributed by atoms with Gasteiger partial charge in [0.15, 0.2) is 11.5 Å². The molecule has 0 unspecified atom stereocenters. The number of furan rings is 1. The first-order chi connectivity index (χ1) is 10.3. The summed E-state index contributed by atoms with van der Waals surface area (Å²) in [5, 5.41) is 5.02. The highest BCUT2D eigenvalue weighted by Gasteiger charge is 2.21. The Morgan fingerprint density at radius 1 is 1.00 bits per heavy atom. The molecule has 0 spiro atoms. The number of para-hydroxylation sites is 1. The zero-order chi connectivity index (χ0) is 14.2. The van der Waals surface area contributed by atoms with Crippen molar-refractivity contribution in [1.82, 2.24) is 10.1 Å². The Kier molecular flexibility index (Phi) is 2.50. The van der Waals surface area contributed by atoms with Crippen molar-refractivity contribution < 1.29 is 8.94 Å². The van der Waals surface area contributed by atoms with Crippen LogP contribution < -0.4 is 5.73 Å². The predicted molar refractivity (Wildman–Crippen MR) is 79.4 cm³/mol. The fourth-order valence-corrected chi connectivity index (χ4v) is 2.33. The van der Waals surface area contributed by atoms with E-state index in [0.29, 0.717) is 22.7 Å². The standard InChI is InChI=1S/C16H11N3O2/c17-16-14(11-6-3-4-8-18-11)15(19-21-16)13-9-10-5-1-2-7-12(10)20-13/h1-9H,17H2. The summed E-state index contributed by atoms with van der Waals surface area (Å²) in [5.41, 5.74) is 8.59. The molecule has 3 heterocycles. The van der Waals surface area contributed by atoms with Gasteiger partial charge in [-0.3, -0.25) is 4.98 Å². The zero-order valence-corrected chi connectivity index (χ0v) is 11.0. The first kappa shape index (κ1) is 11.7. The normalized spacial score (nSPS) is 11.0. The molecule has 4 rings (SSSR count). The van der Waals surface area contributed by atoms with Gasteiger partial charge < -0.3 is 14.7 Å². The molecule has 5 nitrogen and oxygen atoms in total. The molecule has 4 aromatic rings. The highest BCUT2D eigenvalue weighted by molar-refractivity contribution is 5.88. The monoisotopic (exact) mass is 277 g/mol. The van der Waals surface area contributed by atoms with Gasteiger partial charge >= 0.3 is 0 Å². The van der Waals surface area contributed by atoms with E-state index in [9.17, 15) is 0 Å². The number of fused-ring (bicyclic) bond motifs is 1. The van der Waals surface area contributed by atoms with Crippen molar-refractivity contribution >= 4 is 16.9 Å². The van der Waals surface area contributed by atoms with E-state index in [1.807, 2.05) is 48.5 Å². The third-order valence-corrected chi connectivity index (χ3v) is 3.30. The lowest BCUT2D eigenvalue weighted by atomic mass is 10.1. The van der Waals surface area contributed by atoms with E-state index in [2.05, 4.69) is 10.1 Å². The van der Waals surface area contributed by atoms with E-state index in [1.54, 1.807) is 6.20 Å². The first-order valence-corrected chi connectivity index (χ1v) is 6.48. The number of anilines is 1. The van der Waals surface area contributed by atoms with Gasteiger partial charge in [0.1, 0.15) is 5.58 Å². The highest BCUT2D eigenvalue weighted by atomic mass is 16.5. The Hall–Kier alpha value is -3.08. The number of nitrogens with zero attached hydrogens (tertiary/aromatic N) is 2. The quantitative estimate of drug-likeness (QED) is 0.604. The van der Waals surface area contributed by atoms with E-state index < -0.39 is 0 Å². The van der Waals surface area contributed by atoms with Crippen LogP contribution >= 0.6 is 0 Å². The van der Waals surface area contributed by atoms with E-state index in [-0.39, 0.29) is 5.88 Å². The molecule has 5 heteroatoms. The van der Waals surface area contributed by atoms with E-state index >= 15 is 0 Å². The number of hydrogen-bond acceptors (Lipinski definition) is 5. The molecular weight excluding hydrogens is 266 g/mol. The lowest BCUT2D eigenvalue weighted by Gasteiger charge is -1.98. The van der Waals surface area contributed by atoms with Crippen molar-refractivity contribution in [2.75, 3.05) is 5.73 Å². The molecule has 2 N–H and O–H groups in total. The van der Waals surface area contributed by atoms with Gasteiger partial charge in [-0.2, -0.15) is 0 Å². The van der Waals surface area contributed by atoms with Crippen molar-refractivity contribution in [3.8, 4) is 22.7 Å². The second-order valence-corrected chi connectivity index (χ2v) is 4.63. The average molecular weight is 277 g/mol. The van der Waals surface area contributed by atoms with Gasteiger partial charge in [0.2, 0.25) is 5.88 Å². The summed E-state index contributed by atoms with van der Waals surface area (Å²) in [6, 6.07) is 15.3. The van der Waals surface area contributed by atoms with Crippen LogP contribution in [0.1, 0.15) is 0 Å². The fourth-order valence-electron chi connectivity index (χ4n) is 2.33. The van der Waals surface area contributed by atoms with E-state index in [4.69, 9.17) is 14.7 Å². The lowest BCUT2D eigenvalue weighted by Crippen LogP contribution is -1.89. The number of nitrogen functional groups attached to an aromatic ring is 1. The summed E-state index contributed by atoms with van der Waals surface area (Å²) in [5.74, 6) is 0.835. The molecule has 0 fully saturated rings. The van der Waals surface area contributed by atoms with Crippen molar-refractivity contribution in [2.24, 2.45) is 0 Å². The van der Waals surface area contributed by atoms with Crippen molar-refractivity contribution in [1.29, 1.82) is 0 Å². The number of rotatable bonds is 2. The molecule has 0 aliphatic carbocycles. The Bertz CT molecular complexity index is 877. The zero-order valence-electron chi connectivity index (χ0n) is 11.0. The maximum atomic E-state index is 5.89. The van der Waals surface area contributed by atoms with Crippen molar-refractivity contribution in [2.45, 2.75) is 0 Å². The second-order valence-electron chi connectivity index (χ2n) is 4.63. The minimum absolute atomic E-state index is 0.226. The van der Waals surface area contributed by atoms with Gasteiger partial charge in [-0.05, 0) is 24.3 Å². The summed E-state index contributed by atoms with van der Waals surface area (Å²) >= 11 is 0. The van der Waals surface area contributed by atoms with Crippen LogP contribution in [0.5, 0.6) is 0 Å². The summed E-state index contributed by atoms with van der Waals surface area (Å²) < 4.78 is 11.0. The van der Waals surface area contributed by atoms with Crippen LogP contribution in [0.2, 0.25) is 0 Å². The van der Waals surface area contributed by atoms with Crippen molar-refractivity contribution in [3.63, 3.8) is 0 Å². The number of benzene rings is 1. The minimum atomic E-state index is 0.226. The highest BCUT2D eigenvalue weighted by Crippen LogP contribution is 2.37. The molecule has 21 heavy (non-hydrogen) atoms. The summed E-state index contributed by atoms with van der Waals surface area (Å²) in [6.45, 7) is 0. The summed E-state index contributed by atoms with van der Waals surface area (Å²) in [6.07, 6.45) is 1.70. The van der Waals surface area contributed by atoms with Crippen LogP contribution in [-0.2, 0) is 0 Å². The Morgan fingerprint density at radius 2 is 1.86 bits per heavy atom. The van der Waals surface area contributed by atoms with Crippen LogP contribution in [0.4, 0.5) is 5.88 Å². The molecule has 0 saturated heterocycles. The van der Waals surface area contributed by atoms with E-state index in [1.165, 1.54) is 0 Å². The number of nitrogens with two attached hydrogens (primary N) is 1. The van der Waals surface area contributed by atoms with Gasteiger partial charge in [-0.1, -0.05) is 29.4 Å². The molecule has 0 atom stereocenters. The second kappa shape index (κ2) is 4.49. The van der Waals surface area contributed by atoms with Gasteiger partial charge in [-0.25, -0.2) is 0 Å². The molecule has 0 bridgehead atoms. The maximum absolute atomic E-state index is 5.89. The molecule has 102 valence electrons. The molecular formula is C16H11N3O2. The van der Waals surface area contributed by atoms with Crippen LogP contribution in [-0.4, -0.2) is 10.1 Å². The number of hydrogen-bond donors (Lipinski definition) is 1. The third-order valence-electron chi connectivity index (χ3n) is 3.30. The molecule has 0 aliphatic heterocycles. The first-order valence-electron chi connectivity index (χ1n) is 6.48. The molecule has 0 radical (unpaired) electrons. The van der Waals surface area contributed by atoms with Crippen LogP contribution in [0.15, 0.2) is 63.7 Å². The summed E-state index contributed by atoms with van der Waals surface area (Å²) in [7, 11) is 0. The van der Waals surface area contributed by atoms with Crippen molar-refractivity contribution in [3.05, 3.63) is 54.7 Å². The molecule has 0 amide bonds. The largest absolute Gasteiger partial charge is 0.454 e. The molecule has 1 aromatic carbocycles. The summed E-state index contributed by atoms with van der Waals surface area (Å²) in [4.78, 5) is 4.30. The van der Waals surface area contributed by atoms with Gasteiger partial charge in [0.05, 0.1) is 11.3 Å². The molecule has 0 aliphatic rings. The van der Waals surface area contributed by atoms with Crippen LogP contribution in [0, 0.1) is 0 Å². The van der Waals surface area contributed by atoms with Crippen LogP contribution in [0.25, 0.3) is 33.7 Å². The number of aromatic nitrogens is 2. The number of pyridine rings is 1. The SMILES string of the molecule is Nc1onc(-c2cc3ccccc3o2)c1-c1ccccn1. The Balaban J connectivity index is 1.93.